The number of nitrogens with zero attached hydrogens (tertiary/aromatic N) is 2. The molecule has 66 valence electrons. The average molecular weight is 174 g/mol. The van der Waals surface area contributed by atoms with Crippen LogP contribution in [0.15, 0.2) is 0 Å². The standard InChI is InChI=1S/C8H18N2S/c1-7-4-5-10(11)6-8(7)9(2)3/h7-8,11H,4-6H2,1-3H3. The summed E-state index contributed by atoms with van der Waals surface area (Å²) >= 11 is 4.36. The van der Waals surface area contributed by atoms with E-state index < -0.39 is 0 Å². The molecular weight excluding hydrogens is 156 g/mol. The van der Waals surface area contributed by atoms with E-state index in [1.165, 1.54) is 6.42 Å². The Morgan fingerprint density at radius 2 is 2.09 bits per heavy atom. The zero-order valence-electron chi connectivity index (χ0n) is 7.62. The van der Waals surface area contributed by atoms with Gasteiger partial charge in [0.05, 0.1) is 0 Å². The van der Waals surface area contributed by atoms with Crippen LogP contribution in [0.3, 0.4) is 0 Å². The van der Waals surface area contributed by atoms with Crippen molar-refractivity contribution < 1.29 is 0 Å². The minimum atomic E-state index is 0.682. The molecule has 2 unspecified atom stereocenters. The topological polar surface area (TPSA) is 6.48 Å². The fraction of sp³-hybridized carbons (Fsp3) is 1.00. The number of hydrogen-bond acceptors (Lipinski definition) is 3. The van der Waals surface area contributed by atoms with Crippen molar-refractivity contribution in [3.63, 3.8) is 0 Å². The fourth-order valence-electron chi connectivity index (χ4n) is 1.70. The third kappa shape index (κ3) is 2.36. The van der Waals surface area contributed by atoms with E-state index in [1.54, 1.807) is 0 Å². The van der Waals surface area contributed by atoms with Crippen molar-refractivity contribution >= 4 is 12.8 Å². The maximum atomic E-state index is 4.36. The van der Waals surface area contributed by atoms with E-state index in [-0.39, 0.29) is 0 Å². The van der Waals surface area contributed by atoms with Gasteiger partial charge in [-0.05, 0) is 26.4 Å². The van der Waals surface area contributed by atoms with Gasteiger partial charge in [-0.3, -0.25) is 4.31 Å². The van der Waals surface area contributed by atoms with Crippen LogP contribution in [-0.2, 0) is 0 Å². The first-order valence-corrected chi connectivity index (χ1v) is 4.61. The van der Waals surface area contributed by atoms with E-state index >= 15 is 0 Å². The molecular formula is C8H18N2S. The average Bonchev–Trinajstić information content (AvgIpc) is 1.94. The molecule has 0 radical (unpaired) electrons. The normalized spacial score (nSPS) is 34.6. The van der Waals surface area contributed by atoms with Gasteiger partial charge in [0.1, 0.15) is 0 Å². The molecule has 1 aliphatic rings. The van der Waals surface area contributed by atoms with Crippen molar-refractivity contribution in [2.75, 3.05) is 27.2 Å². The van der Waals surface area contributed by atoms with Gasteiger partial charge in [-0.15, -0.1) is 0 Å². The maximum Gasteiger partial charge on any atom is 0.0252 e. The maximum absolute atomic E-state index is 4.36. The van der Waals surface area contributed by atoms with Crippen molar-refractivity contribution in [2.45, 2.75) is 19.4 Å². The van der Waals surface area contributed by atoms with Gasteiger partial charge in [-0.1, -0.05) is 19.7 Å². The van der Waals surface area contributed by atoms with Gasteiger partial charge in [-0.25, -0.2) is 0 Å². The first kappa shape index (κ1) is 9.36. The van der Waals surface area contributed by atoms with Crippen LogP contribution in [0.4, 0.5) is 0 Å². The van der Waals surface area contributed by atoms with Crippen LogP contribution >= 0.6 is 12.8 Å². The SMILES string of the molecule is CC1CCN(S)CC1N(C)C. The van der Waals surface area contributed by atoms with Crippen LogP contribution in [0.2, 0.25) is 0 Å². The minimum Gasteiger partial charge on any atom is -0.305 e. The Morgan fingerprint density at radius 1 is 1.45 bits per heavy atom. The van der Waals surface area contributed by atoms with Gasteiger partial charge >= 0.3 is 0 Å². The molecule has 3 heteroatoms. The summed E-state index contributed by atoms with van der Waals surface area (Å²) in [6.07, 6.45) is 1.27. The van der Waals surface area contributed by atoms with Crippen LogP contribution in [-0.4, -0.2) is 42.4 Å². The Labute approximate surface area is 75.1 Å². The van der Waals surface area contributed by atoms with Gasteiger partial charge in [-0.2, -0.15) is 0 Å². The van der Waals surface area contributed by atoms with E-state index in [1.807, 2.05) is 0 Å². The molecule has 2 nitrogen and oxygen atoms in total. The zero-order valence-corrected chi connectivity index (χ0v) is 8.51. The van der Waals surface area contributed by atoms with Crippen molar-refractivity contribution in [1.82, 2.24) is 9.21 Å². The molecule has 1 saturated heterocycles. The lowest BCUT2D eigenvalue weighted by Gasteiger charge is -2.37. The van der Waals surface area contributed by atoms with Crippen LogP contribution in [0.25, 0.3) is 0 Å². The van der Waals surface area contributed by atoms with Gasteiger partial charge in [0.25, 0.3) is 0 Å². The molecule has 0 aliphatic carbocycles. The largest absolute Gasteiger partial charge is 0.305 e. The summed E-state index contributed by atoms with van der Waals surface area (Å²) < 4.78 is 2.12. The summed E-state index contributed by atoms with van der Waals surface area (Å²) in [6, 6.07) is 0.682. The van der Waals surface area contributed by atoms with Crippen molar-refractivity contribution in [2.24, 2.45) is 5.92 Å². The lowest BCUT2D eigenvalue weighted by atomic mass is 9.94. The minimum absolute atomic E-state index is 0.682. The number of rotatable bonds is 1. The fourth-order valence-corrected chi connectivity index (χ4v) is 1.99. The monoisotopic (exact) mass is 174 g/mol. The van der Waals surface area contributed by atoms with E-state index in [2.05, 4.69) is 43.0 Å². The zero-order chi connectivity index (χ0) is 8.43. The molecule has 0 aromatic carbocycles. The van der Waals surface area contributed by atoms with E-state index in [0.717, 1.165) is 19.0 Å². The summed E-state index contributed by atoms with van der Waals surface area (Å²) in [4.78, 5) is 2.30. The van der Waals surface area contributed by atoms with E-state index in [9.17, 15) is 0 Å². The molecule has 11 heavy (non-hydrogen) atoms. The summed E-state index contributed by atoms with van der Waals surface area (Å²) in [7, 11) is 4.29. The molecule has 0 saturated carbocycles. The smallest absolute Gasteiger partial charge is 0.0252 e. The van der Waals surface area contributed by atoms with Gasteiger partial charge < -0.3 is 4.90 Å². The summed E-state index contributed by atoms with van der Waals surface area (Å²) in [5, 5.41) is 0. The molecule has 0 spiro atoms. The van der Waals surface area contributed by atoms with Crippen molar-refractivity contribution in [3.8, 4) is 0 Å². The van der Waals surface area contributed by atoms with E-state index in [0.29, 0.717) is 6.04 Å². The third-order valence-electron chi connectivity index (χ3n) is 2.56. The Kier molecular flexibility index (Phi) is 3.22. The Morgan fingerprint density at radius 3 is 2.55 bits per heavy atom. The predicted octanol–water partition coefficient (Wildman–Crippen LogP) is 1.10. The molecule has 0 aromatic heterocycles. The third-order valence-corrected chi connectivity index (χ3v) is 2.92. The Hall–Kier alpha value is 0.270. The highest BCUT2D eigenvalue weighted by atomic mass is 32.1. The molecule has 1 fully saturated rings. The van der Waals surface area contributed by atoms with Gasteiger partial charge in [0.15, 0.2) is 0 Å². The van der Waals surface area contributed by atoms with E-state index in [4.69, 9.17) is 0 Å². The molecule has 2 atom stereocenters. The number of piperidine rings is 1. The number of likely N-dealkylation sites (N-methyl/N-ethyl adjacent to an activating group) is 1. The highest BCUT2D eigenvalue weighted by molar-refractivity contribution is 7.77. The Bertz CT molecular complexity index is 127. The summed E-state index contributed by atoms with van der Waals surface area (Å²) in [5.74, 6) is 0.813. The lowest BCUT2D eigenvalue weighted by molar-refractivity contribution is 0.143. The molecule has 0 aromatic rings. The van der Waals surface area contributed by atoms with Gasteiger partial charge in [0.2, 0.25) is 0 Å². The highest BCUT2D eigenvalue weighted by Crippen LogP contribution is 2.20. The number of hydrogen-bond donors (Lipinski definition) is 1. The van der Waals surface area contributed by atoms with Crippen LogP contribution in [0, 0.1) is 5.92 Å². The second-order valence-electron chi connectivity index (χ2n) is 3.71. The number of thiol groups is 1. The van der Waals surface area contributed by atoms with Crippen LogP contribution in [0.1, 0.15) is 13.3 Å². The summed E-state index contributed by atoms with van der Waals surface area (Å²) in [5.41, 5.74) is 0. The molecule has 1 aliphatic heterocycles. The van der Waals surface area contributed by atoms with Crippen molar-refractivity contribution in [1.29, 1.82) is 0 Å². The summed E-state index contributed by atoms with van der Waals surface area (Å²) in [6.45, 7) is 4.55. The second-order valence-corrected chi connectivity index (χ2v) is 4.28. The molecule has 1 heterocycles. The highest BCUT2D eigenvalue weighted by Gasteiger charge is 2.25. The second kappa shape index (κ2) is 3.78. The first-order chi connectivity index (χ1) is 5.11. The Balaban J connectivity index is 2.47. The molecule has 0 N–H and O–H groups in total. The molecule has 0 amide bonds. The first-order valence-electron chi connectivity index (χ1n) is 4.21. The molecule has 1 rings (SSSR count). The van der Waals surface area contributed by atoms with Crippen LogP contribution < -0.4 is 0 Å². The van der Waals surface area contributed by atoms with Gasteiger partial charge in [0, 0.05) is 19.1 Å². The lowest BCUT2D eigenvalue weighted by Crippen LogP contribution is -2.46. The van der Waals surface area contributed by atoms with Crippen molar-refractivity contribution in [3.05, 3.63) is 0 Å². The molecule has 0 bridgehead atoms. The van der Waals surface area contributed by atoms with Crippen LogP contribution in [0.5, 0.6) is 0 Å². The predicted molar refractivity (Wildman–Crippen MR) is 51.8 cm³/mol. The quantitative estimate of drug-likeness (QED) is 0.595.